The Morgan fingerprint density at radius 1 is 0.944 bits per heavy atom. The highest BCUT2D eigenvalue weighted by Crippen LogP contribution is 2.88. The first-order chi connectivity index (χ1) is 8.74. The number of alkyl halides is 1. The minimum atomic E-state index is -1.14. The summed E-state index contributed by atoms with van der Waals surface area (Å²) in [5.41, 5.74) is -0.454. The van der Waals surface area contributed by atoms with E-state index in [9.17, 15) is 0 Å². The molecule has 2 fully saturated rings. The summed E-state index contributed by atoms with van der Waals surface area (Å²) in [7, 11) is 0. The Hall–Kier alpha value is -1.02. The van der Waals surface area contributed by atoms with Crippen molar-refractivity contribution in [2.45, 2.75) is 29.2 Å². The van der Waals surface area contributed by atoms with Crippen LogP contribution >= 0.6 is 11.8 Å². The van der Waals surface area contributed by atoms with Gasteiger partial charge in [0.1, 0.15) is 0 Å². The fourth-order valence-electron chi connectivity index (χ4n) is 4.03. The van der Waals surface area contributed by atoms with E-state index in [1.807, 2.05) is 42.5 Å². The molecule has 0 radical (unpaired) electrons. The Bertz CT molecular complexity index is 521. The third-order valence-corrected chi connectivity index (χ3v) is 6.42. The first kappa shape index (κ1) is 10.9. The molecule has 0 nitrogen and oxygen atoms in total. The average Bonchev–Trinajstić information content (AvgIpc) is 2.73. The van der Waals surface area contributed by atoms with Crippen molar-refractivity contribution in [1.29, 1.82) is 0 Å². The molecular formula is C16H15FS. The normalized spacial score (nSPS) is 43.6. The second-order valence-electron chi connectivity index (χ2n) is 5.52. The van der Waals surface area contributed by atoms with E-state index in [0.717, 1.165) is 24.2 Å². The van der Waals surface area contributed by atoms with Crippen molar-refractivity contribution in [1.82, 2.24) is 0 Å². The molecule has 1 unspecified atom stereocenters. The molecule has 0 N–H and O–H groups in total. The lowest BCUT2D eigenvalue weighted by molar-refractivity contribution is 0.319. The second-order valence-corrected chi connectivity index (χ2v) is 6.76. The molecule has 1 aromatic rings. The van der Waals surface area contributed by atoms with Gasteiger partial charge < -0.3 is 0 Å². The van der Waals surface area contributed by atoms with Crippen molar-refractivity contribution < 1.29 is 4.39 Å². The highest BCUT2D eigenvalue weighted by Gasteiger charge is 2.88. The van der Waals surface area contributed by atoms with E-state index in [0.29, 0.717) is 0 Å². The number of hydrogen-bond donors (Lipinski definition) is 0. The number of hydrogen-bond acceptors (Lipinski definition) is 1. The van der Waals surface area contributed by atoms with Crippen LogP contribution in [0.2, 0.25) is 0 Å². The van der Waals surface area contributed by atoms with Crippen LogP contribution < -0.4 is 0 Å². The molecule has 2 heteroatoms. The van der Waals surface area contributed by atoms with Crippen LogP contribution in [-0.4, -0.2) is 5.00 Å². The zero-order valence-electron chi connectivity index (χ0n) is 10.1. The highest BCUT2D eigenvalue weighted by molar-refractivity contribution is 8.01. The summed E-state index contributed by atoms with van der Waals surface area (Å²) in [6.07, 6.45) is 11.4. The summed E-state index contributed by atoms with van der Waals surface area (Å²) in [4.78, 5) is 1.04. The lowest BCUT2D eigenvalue weighted by Crippen LogP contribution is -2.11. The standard InChI is InChI=1S/C16H15FS/c17-16(18-13-7-2-1-3-8-13)14-9-4-5-10-15(14,16)12-6-11-14/h1-5,7-10H,6,11-12H2/t14-,15+,16?. The van der Waals surface area contributed by atoms with Crippen molar-refractivity contribution >= 4 is 11.8 Å². The molecule has 3 atom stereocenters. The van der Waals surface area contributed by atoms with Crippen LogP contribution in [0.25, 0.3) is 0 Å². The Morgan fingerprint density at radius 2 is 1.56 bits per heavy atom. The molecule has 0 heterocycles. The Morgan fingerprint density at radius 3 is 2.17 bits per heavy atom. The predicted octanol–water partition coefficient (Wildman–Crippen LogP) is 4.74. The molecule has 0 spiro atoms. The van der Waals surface area contributed by atoms with Crippen LogP contribution in [0, 0.1) is 10.8 Å². The monoisotopic (exact) mass is 258 g/mol. The number of thioether (sulfide) groups is 1. The largest absolute Gasteiger partial charge is 0.230 e. The van der Waals surface area contributed by atoms with E-state index in [-0.39, 0.29) is 10.8 Å². The van der Waals surface area contributed by atoms with E-state index in [2.05, 4.69) is 12.2 Å². The maximum absolute atomic E-state index is 15.5. The zero-order valence-corrected chi connectivity index (χ0v) is 10.9. The number of allylic oxidation sites excluding steroid dienone is 4. The molecule has 18 heavy (non-hydrogen) atoms. The third-order valence-electron chi connectivity index (χ3n) is 4.90. The molecule has 0 aliphatic heterocycles. The fourth-order valence-corrected chi connectivity index (χ4v) is 5.67. The molecule has 92 valence electrons. The minimum Gasteiger partial charge on any atom is -0.230 e. The highest BCUT2D eigenvalue weighted by atomic mass is 32.2. The summed E-state index contributed by atoms with van der Waals surface area (Å²) in [5, 5.41) is -1.14. The second kappa shape index (κ2) is 3.30. The first-order valence-electron chi connectivity index (χ1n) is 6.54. The smallest absolute Gasteiger partial charge is 0.180 e. The zero-order chi connectivity index (χ0) is 12.3. The van der Waals surface area contributed by atoms with Crippen molar-refractivity contribution in [2.75, 3.05) is 0 Å². The molecule has 0 saturated heterocycles. The molecule has 0 amide bonds. The summed E-state index contributed by atoms with van der Waals surface area (Å²) in [6, 6.07) is 9.95. The van der Waals surface area contributed by atoms with Gasteiger partial charge >= 0.3 is 0 Å². The van der Waals surface area contributed by atoms with Crippen molar-refractivity contribution in [3.05, 3.63) is 54.6 Å². The van der Waals surface area contributed by atoms with Gasteiger partial charge in [-0.05, 0) is 25.0 Å². The van der Waals surface area contributed by atoms with E-state index < -0.39 is 5.00 Å². The van der Waals surface area contributed by atoms with Gasteiger partial charge in [0, 0.05) is 15.7 Å². The van der Waals surface area contributed by atoms with Gasteiger partial charge in [-0.3, -0.25) is 0 Å². The van der Waals surface area contributed by atoms with Gasteiger partial charge in [0.05, 0.1) is 0 Å². The van der Waals surface area contributed by atoms with Crippen molar-refractivity contribution in [2.24, 2.45) is 10.8 Å². The molecule has 0 aromatic heterocycles. The van der Waals surface area contributed by atoms with Gasteiger partial charge in [0.2, 0.25) is 0 Å². The summed E-state index contributed by atoms with van der Waals surface area (Å²) >= 11 is 1.42. The Kier molecular flexibility index (Phi) is 1.99. The summed E-state index contributed by atoms with van der Waals surface area (Å²) < 4.78 is 15.5. The van der Waals surface area contributed by atoms with E-state index >= 15 is 4.39 Å². The number of halogens is 1. The molecule has 3 aliphatic rings. The number of benzene rings is 1. The number of rotatable bonds is 2. The molecule has 1 aromatic carbocycles. The van der Waals surface area contributed by atoms with Crippen molar-refractivity contribution in [3.63, 3.8) is 0 Å². The average molecular weight is 258 g/mol. The van der Waals surface area contributed by atoms with Gasteiger partial charge in [0.15, 0.2) is 5.00 Å². The SMILES string of the molecule is FC1(Sc2ccccc2)[C@@]23C=CC=C[C@@]12CCC3. The van der Waals surface area contributed by atoms with Crippen LogP contribution in [0.5, 0.6) is 0 Å². The predicted molar refractivity (Wildman–Crippen MR) is 73.1 cm³/mol. The molecule has 3 aliphatic carbocycles. The van der Waals surface area contributed by atoms with Crippen LogP contribution in [-0.2, 0) is 0 Å². The Labute approximate surface area is 111 Å². The molecule has 2 saturated carbocycles. The molecule has 0 bridgehead atoms. The quantitative estimate of drug-likeness (QED) is 0.738. The first-order valence-corrected chi connectivity index (χ1v) is 7.36. The van der Waals surface area contributed by atoms with E-state index in [1.54, 1.807) is 0 Å². The maximum Gasteiger partial charge on any atom is 0.180 e. The van der Waals surface area contributed by atoms with Gasteiger partial charge in [-0.2, -0.15) is 0 Å². The van der Waals surface area contributed by atoms with Gasteiger partial charge in [0.25, 0.3) is 0 Å². The van der Waals surface area contributed by atoms with E-state index in [4.69, 9.17) is 0 Å². The van der Waals surface area contributed by atoms with Crippen LogP contribution in [0.3, 0.4) is 0 Å². The fraction of sp³-hybridized carbons (Fsp3) is 0.375. The van der Waals surface area contributed by atoms with Gasteiger partial charge in [-0.15, -0.1) is 0 Å². The minimum absolute atomic E-state index is 0.227. The maximum atomic E-state index is 15.5. The lowest BCUT2D eigenvalue weighted by atomic mass is 9.92. The topological polar surface area (TPSA) is 0 Å². The van der Waals surface area contributed by atoms with Crippen LogP contribution in [0.15, 0.2) is 59.5 Å². The van der Waals surface area contributed by atoms with Crippen molar-refractivity contribution in [3.8, 4) is 0 Å². The van der Waals surface area contributed by atoms with E-state index in [1.165, 1.54) is 11.8 Å². The summed E-state index contributed by atoms with van der Waals surface area (Å²) in [5.74, 6) is 0. The molecule has 4 rings (SSSR count). The van der Waals surface area contributed by atoms with Gasteiger partial charge in [-0.1, -0.05) is 60.7 Å². The molecular weight excluding hydrogens is 243 g/mol. The lowest BCUT2D eigenvalue weighted by Gasteiger charge is -2.16. The van der Waals surface area contributed by atoms with Gasteiger partial charge in [-0.25, -0.2) is 4.39 Å². The third kappa shape index (κ3) is 1.00. The van der Waals surface area contributed by atoms with Crippen LogP contribution in [0.1, 0.15) is 19.3 Å². The van der Waals surface area contributed by atoms with Crippen LogP contribution in [0.4, 0.5) is 4.39 Å². The summed E-state index contributed by atoms with van der Waals surface area (Å²) in [6.45, 7) is 0. The Balaban J connectivity index is 1.74.